The Bertz CT molecular complexity index is 1470. The molecule has 4 rings (SSSR count). The van der Waals surface area contributed by atoms with Gasteiger partial charge in [0.1, 0.15) is 0 Å². The van der Waals surface area contributed by atoms with Crippen molar-refractivity contribution in [1.29, 1.82) is 0 Å². The van der Waals surface area contributed by atoms with Crippen LogP contribution in [0.1, 0.15) is 25.6 Å². The summed E-state index contributed by atoms with van der Waals surface area (Å²) in [5.41, 5.74) is 8.35. The molecule has 4 aromatic rings. The minimum absolute atomic E-state index is 0.284. The number of halogens is 2. The summed E-state index contributed by atoms with van der Waals surface area (Å²) in [6.45, 7) is 5.99. The first-order chi connectivity index (χ1) is 16.2. The fraction of sp³-hybridized carbons (Fsp3) is 0.217. The second-order valence-corrected chi connectivity index (χ2v) is 9.08. The van der Waals surface area contributed by atoms with E-state index in [-0.39, 0.29) is 17.4 Å². The number of H-pyrrole nitrogens is 1. The van der Waals surface area contributed by atoms with Crippen molar-refractivity contribution in [3.63, 3.8) is 0 Å². The molecule has 176 valence electrons. The SMILES string of the molecule is C=C(NC(=S)C(N)CCC)c1nc2ccc3nc(Nc4c(Cl)cccc4Cl)n(C)c3c2c(=O)[nH]1. The predicted octanol–water partition coefficient (Wildman–Crippen LogP) is 4.88. The summed E-state index contributed by atoms with van der Waals surface area (Å²) in [5.74, 6) is 0.758. The number of nitrogens with two attached hydrogens (primary N) is 1. The maximum absolute atomic E-state index is 13.1. The monoisotopic (exact) mass is 515 g/mol. The number of hydrogen-bond acceptors (Lipinski definition) is 6. The van der Waals surface area contributed by atoms with Gasteiger partial charge < -0.3 is 25.9 Å². The maximum atomic E-state index is 13.1. The number of fused-ring (bicyclic) bond motifs is 3. The van der Waals surface area contributed by atoms with Gasteiger partial charge in [-0.15, -0.1) is 0 Å². The Balaban J connectivity index is 1.74. The Labute approximate surface area is 211 Å². The average molecular weight is 516 g/mol. The molecule has 0 fully saturated rings. The summed E-state index contributed by atoms with van der Waals surface area (Å²) in [6.07, 6.45) is 1.65. The van der Waals surface area contributed by atoms with Crippen molar-refractivity contribution in [3.05, 3.63) is 63.1 Å². The van der Waals surface area contributed by atoms with Gasteiger partial charge in [0.05, 0.1) is 54.4 Å². The van der Waals surface area contributed by atoms with Crippen LogP contribution in [0.15, 0.2) is 41.7 Å². The predicted molar refractivity (Wildman–Crippen MR) is 144 cm³/mol. The van der Waals surface area contributed by atoms with Crippen LogP contribution < -0.4 is 21.9 Å². The molecular formula is C23H23Cl2N7OS. The maximum Gasteiger partial charge on any atom is 0.261 e. The molecular weight excluding hydrogens is 493 g/mol. The topological polar surface area (TPSA) is 114 Å². The van der Waals surface area contributed by atoms with Gasteiger partial charge in [-0.1, -0.05) is 61.4 Å². The third kappa shape index (κ3) is 4.52. The number of thiocarbonyl (C=S) groups is 1. The van der Waals surface area contributed by atoms with Crippen LogP contribution >= 0.6 is 35.4 Å². The van der Waals surface area contributed by atoms with E-state index in [9.17, 15) is 4.79 Å². The standard InChI is InChI=1S/C23H23Cl2N7OS/c1-4-6-14(26)22(34)27-11(2)20-28-15-9-10-16-19(17(15)21(33)31-20)32(3)23(29-16)30-18-12(24)7-5-8-13(18)25/h5,7-10,14H,2,4,6,26H2,1,3H3,(H,27,34)(H,29,30)(H,28,31,33). The highest BCUT2D eigenvalue weighted by atomic mass is 35.5. The van der Waals surface area contributed by atoms with E-state index in [2.05, 4.69) is 32.2 Å². The zero-order valence-electron chi connectivity index (χ0n) is 18.6. The average Bonchev–Trinajstić information content (AvgIpc) is 3.11. The number of nitrogens with zero attached hydrogens (tertiary/aromatic N) is 3. The number of aryl methyl sites for hydroxylation is 1. The molecule has 0 saturated carbocycles. The lowest BCUT2D eigenvalue weighted by molar-refractivity contribution is 0.727. The minimum Gasteiger partial charge on any atom is -0.346 e. The molecule has 0 bridgehead atoms. The van der Waals surface area contributed by atoms with Gasteiger partial charge in [-0.05, 0) is 30.7 Å². The van der Waals surface area contributed by atoms with Crippen LogP contribution in [0.2, 0.25) is 10.0 Å². The molecule has 0 spiro atoms. The van der Waals surface area contributed by atoms with Gasteiger partial charge >= 0.3 is 0 Å². The van der Waals surface area contributed by atoms with Crippen LogP contribution in [0.5, 0.6) is 0 Å². The third-order valence-corrected chi connectivity index (χ3v) is 6.44. The Morgan fingerprint density at radius 2 is 1.91 bits per heavy atom. The zero-order valence-corrected chi connectivity index (χ0v) is 20.9. The lowest BCUT2D eigenvalue weighted by Gasteiger charge is -2.15. The van der Waals surface area contributed by atoms with Crippen molar-refractivity contribution >= 4 is 79.7 Å². The zero-order chi connectivity index (χ0) is 24.6. The summed E-state index contributed by atoms with van der Waals surface area (Å²) in [6, 6.07) is 8.45. The van der Waals surface area contributed by atoms with E-state index in [1.165, 1.54) is 0 Å². The Hall–Kier alpha value is -2.98. The number of benzene rings is 2. The van der Waals surface area contributed by atoms with E-state index in [0.717, 1.165) is 12.8 Å². The second-order valence-electron chi connectivity index (χ2n) is 7.82. The summed E-state index contributed by atoms with van der Waals surface area (Å²) < 4.78 is 1.76. The Morgan fingerprint density at radius 1 is 1.24 bits per heavy atom. The van der Waals surface area contributed by atoms with Crippen LogP contribution in [0.3, 0.4) is 0 Å². The van der Waals surface area contributed by atoms with Gasteiger partial charge in [0, 0.05) is 7.05 Å². The molecule has 2 aromatic carbocycles. The summed E-state index contributed by atoms with van der Waals surface area (Å²) in [4.78, 5) is 25.6. The second kappa shape index (κ2) is 9.71. The summed E-state index contributed by atoms with van der Waals surface area (Å²) >= 11 is 17.9. The van der Waals surface area contributed by atoms with Gasteiger partial charge in [-0.3, -0.25) is 4.79 Å². The molecule has 1 atom stereocenters. The van der Waals surface area contributed by atoms with Crippen molar-refractivity contribution < 1.29 is 0 Å². The van der Waals surface area contributed by atoms with Crippen molar-refractivity contribution in [2.45, 2.75) is 25.8 Å². The van der Waals surface area contributed by atoms with E-state index in [1.807, 2.05) is 6.92 Å². The van der Waals surface area contributed by atoms with E-state index < -0.39 is 0 Å². The fourth-order valence-electron chi connectivity index (χ4n) is 3.66. The van der Waals surface area contributed by atoms with Gasteiger partial charge in [-0.25, -0.2) is 9.97 Å². The smallest absolute Gasteiger partial charge is 0.261 e. The number of anilines is 2. The van der Waals surface area contributed by atoms with Crippen molar-refractivity contribution in [2.75, 3.05) is 5.32 Å². The highest BCUT2D eigenvalue weighted by Crippen LogP contribution is 2.33. The van der Waals surface area contributed by atoms with Crippen molar-refractivity contribution in [1.82, 2.24) is 24.8 Å². The summed E-state index contributed by atoms with van der Waals surface area (Å²) in [7, 11) is 1.79. The summed E-state index contributed by atoms with van der Waals surface area (Å²) in [5, 5.41) is 7.45. The van der Waals surface area contributed by atoms with Gasteiger partial charge in [0.2, 0.25) is 5.95 Å². The fourth-order valence-corrected chi connectivity index (χ4v) is 4.39. The van der Waals surface area contributed by atoms with Crippen LogP contribution in [-0.2, 0) is 7.05 Å². The van der Waals surface area contributed by atoms with Gasteiger partial charge in [0.15, 0.2) is 5.82 Å². The molecule has 1 unspecified atom stereocenters. The van der Waals surface area contributed by atoms with Crippen molar-refractivity contribution in [2.24, 2.45) is 12.8 Å². The number of aromatic amines is 1. The quantitative estimate of drug-likeness (QED) is 0.259. The number of para-hydroxylation sites is 1. The van der Waals surface area contributed by atoms with Crippen molar-refractivity contribution in [3.8, 4) is 0 Å². The van der Waals surface area contributed by atoms with Crippen LogP contribution in [0.25, 0.3) is 27.6 Å². The molecule has 0 radical (unpaired) electrons. The minimum atomic E-state index is -0.331. The molecule has 8 nitrogen and oxygen atoms in total. The molecule has 2 aromatic heterocycles. The van der Waals surface area contributed by atoms with E-state index >= 15 is 0 Å². The van der Waals surface area contributed by atoms with E-state index in [1.54, 1.807) is 41.9 Å². The molecule has 0 amide bonds. The first-order valence-electron chi connectivity index (χ1n) is 10.6. The Kier molecular flexibility index (Phi) is 6.90. The molecule has 0 aliphatic heterocycles. The molecule has 34 heavy (non-hydrogen) atoms. The number of rotatable bonds is 7. The van der Waals surface area contributed by atoms with Crippen LogP contribution in [0.4, 0.5) is 11.6 Å². The largest absolute Gasteiger partial charge is 0.346 e. The molecule has 5 N–H and O–H groups in total. The first kappa shape index (κ1) is 24.2. The number of hydrogen-bond donors (Lipinski definition) is 4. The van der Waals surface area contributed by atoms with E-state index in [4.69, 9.17) is 41.2 Å². The lowest BCUT2D eigenvalue weighted by Crippen LogP contribution is -2.38. The Morgan fingerprint density at radius 3 is 2.59 bits per heavy atom. The molecule has 0 aliphatic carbocycles. The molecule has 0 saturated heterocycles. The number of aromatic nitrogens is 4. The lowest BCUT2D eigenvalue weighted by atomic mass is 10.2. The molecule has 11 heteroatoms. The van der Waals surface area contributed by atoms with Crippen LogP contribution in [-0.4, -0.2) is 30.5 Å². The van der Waals surface area contributed by atoms with Gasteiger partial charge in [0.25, 0.3) is 5.56 Å². The van der Waals surface area contributed by atoms with E-state index in [0.29, 0.717) is 54.3 Å². The first-order valence-corrected chi connectivity index (χ1v) is 11.7. The highest BCUT2D eigenvalue weighted by molar-refractivity contribution is 7.80. The molecule has 2 heterocycles. The highest BCUT2D eigenvalue weighted by Gasteiger charge is 2.18. The number of imidazole rings is 1. The third-order valence-electron chi connectivity index (χ3n) is 5.40. The van der Waals surface area contributed by atoms with Crippen LogP contribution in [0, 0.1) is 0 Å². The number of nitrogens with one attached hydrogen (secondary N) is 3. The normalized spacial score (nSPS) is 12.1. The molecule has 0 aliphatic rings. The van der Waals surface area contributed by atoms with Gasteiger partial charge in [-0.2, -0.15) is 0 Å².